The van der Waals surface area contributed by atoms with Gasteiger partial charge in [0.2, 0.25) is 5.91 Å². The highest BCUT2D eigenvalue weighted by Gasteiger charge is 2.22. The molecule has 1 amide bonds. The van der Waals surface area contributed by atoms with Crippen LogP contribution < -0.4 is 5.32 Å². The first kappa shape index (κ1) is 16.9. The Morgan fingerprint density at radius 2 is 1.95 bits per heavy atom. The molecule has 0 aliphatic carbocycles. The summed E-state index contributed by atoms with van der Waals surface area (Å²) in [5.41, 5.74) is 1.18. The zero-order valence-electron chi connectivity index (χ0n) is 12.1. The summed E-state index contributed by atoms with van der Waals surface area (Å²) >= 11 is 1.27. The van der Waals surface area contributed by atoms with Crippen LogP contribution in [0.5, 0.6) is 0 Å². The molecule has 0 aliphatic heterocycles. The van der Waals surface area contributed by atoms with E-state index in [1.54, 1.807) is 6.92 Å². The molecular formula is C14H17NO5S. The van der Waals surface area contributed by atoms with E-state index in [1.165, 1.54) is 11.3 Å². The fourth-order valence-corrected chi connectivity index (χ4v) is 2.95. The lowest BCUT2D eigenvalue weighted by atomic mass is 10.1. The molecule has 1 rings (SSSR count). The Morgan fingerprint density at radius 3 is 2.48 bits per heavy atom. The van der Waals surface area contributed by atoms with Crippen LogP contribution in [-0.2, 0) is 20.7 Å². The van der Waals surface area contributed by atoms with E-state index in [4.69, 9.17) is 9.84 Å². The van der Waals surface area contributed by atoms with E-state index in [1.807, 2.05) is 13.8 Å². The molecule has 0 saturated carbocycles. The van der Waals surface area contributed by atoms with Gasteiger partial charge in [0.05, 0.1) is 12.2 Å². The molecular weight excluding hydrogens is 294 g/mol. The maximum atomic E-state index is 12.0. The Balaban J connectivity index is 3.09. The molecule has 1 aromatic rings. The van der Waals surface area contributed by atoms with E-state index in [2.05, 4.69) is 5.32 Å². The number of thiophene rings is 1. The average Bonchev–Trinajstić information content (AvgIpc) is 2.72. The summed E-state index contributed by atoms with van der Waals surface area (Å²) in [6.45, 7) is 5.71. The third-order valence-corrected chi connectivity index (χ3v) is 3.72. The zero-order chi connectivity index (χ0) is 16.0. The Morgan fingerprint density at radius 1 is 1.29 bits per heavy atom. The first-order valence-electron chi connectivity index (χ1n) is 6.42. The number of aliphatic carboxylic acids is 1. The summed E-state index contributed by atoms with van der Waals surface area (Å²) in [6, 6.07) is 0. The van der Waals surface area contributed by atoms with E-state index in [9.17, 15) is 14.4 Å². The topological polar surface area (TPSA) is 92.7 Å². The van der Waals surface area contributed by atoms with Crippen molar-refractivity contribution in [3.63, 3.8) is 0 Å². The largest absolute Gasteiger partial charge is 0.478 e. The standard InChI is InChI=1S/C14H17NO5S/c1-4-9-8(3)21-13(12(9)14(19)20-5-2)15-10(16)6-7-11(17)18/h6-7H,4-5H2,1-3H3,(H,15,16)(H,17,18)/b7-6+. The predicted molar refractivity (Wildman–Crippen MR) is 79.8 cm³/mol. The van der Waals surface area contributed by atoms with Crippen LogP contribution in [-0.4, -0.2) is 29.6 Å². The number of nitrogens with one attached hydrogen (secondary N) is 1. The molecule has 0 radical (unpaired) electrons. The second kappa shape index (κ2) is 7.58. The fraction of sp³-hybridized carbons (Fsp3) is 0.357. The van der Waals surface area contributed by atoms with Crippen LogP contribution in [0.4, 0.5) is 5.00 Å². The third kappa shape index (κ3) is 4.42. The molecule has 0 atom stereocenters. The van der Waals surface area contributed by atoms with Crippen molar-refractivity contribution >= 4 is 34.2 Å². The van der Waals surface area contributed by atoms with Gasteiger partial charge in [0.15, 0.2) is 0 Å². The third-order valence-electron chi connectivity index (χ3n) is 2.66. The molecule has 0 fully saturated rings. The molecule has 0 saturated heterocycles. The summed E-state index contributed by atoms with van der Waals surface area (Å²) in [5.74, 6) is -2.31. The summed E-state index contributed by atoms with van der Waals surface area (Å²) in [5, 5.41) is 11.4. The molecule has 21 heavy (non-hydrogen) atoms. The number of carbonyl (C=O) groups excluding carboxylic acids is 2. The normalized spacial score (nSPS) is 10.6. The average molecular weight is 311 g/mol. The number of anilines is 1. The fourth-order valence-electron chi connectivity index (χ4n) is 1.81. The quantitative estimate of drug-likeness (QED) is 0.621. The number of amides is 1. The number of ether oxygens (including phenoxy) is 1. The zero-order valence-corrected chi connectivity index (χ0v) is 12.9. The number of esters is 1. The minimum absolute atomic E-state index is 0.239. The van der Waals surface area contributed by atoms with Crippen LogP contribution in [0.1, 0.15) is 34.6 Å². The summed E-state index contributed by atoms with van der Waals surface area (Å²) in [6.07, 6.45) is 2.27. The highest BCUT2D eigenvalue weighted by atomic mass is 32.1. The lowest BCUT2D eigenvalue weighted by Crippen LogP contribution is -2.13. The molecule has 0 spiro atoms. The molecule has 1 aromatic heterocycles. The van der Waals surface area contributed by atoms with Crippen LogP contribution in [0.25, 0.3) is 0 Å². The van der Waals surface area contributed by atoms with Crippen LogP contribution in [0.3, 0.4) is 0 Å². The maximum absolute atomic E-state index is 12.0. The van der Waals surface area contributed by atoms with Gasteiger partial charge in [0, 0.05) is 17.0 Å². The van der Waals surface area contributed by atoms with Crippen molar-refractivity contribution in [2.75, 3.05) is 11.9 Å². The Hall–Kier alpha value is -2.15. The van der Waals surface area contributed by atoms with Crippen molar-refractivity contribution in [1.82, 2.24) is 0 Å². The lowest BCUT2D eigenvalue weighted by Gasteiger charge is -2.06. The van der Waals surface area contributed by atoms with E-state index >= 15 is 0 Å². The molecule has 1 heterocycles. The van der Waals surface area contributed by atoms with E-state index < -0.39 is 17.8 Å². The van der Waals surface area contributed by atoms with E-state index in [-0.39, 0.29) is 6.61 Å². The lowest BCUT2D eigenvalue weighted by molar-refractivity contribution is -0.131. The van der Waals surface area contributed by atoms with Crippen LogP contribution in [0, 0.1) is 6.92 Å². The number of hydrogen-bond acceptors (Lipinski definition) is 5. The van der Waals surface area contributed by atoms with Crippen molar-refractivity contribution in [2.24, 2.45) is 0 Å². The Labute approximate surface area is 126 Å². The minimum atomic E-state index is -1.22. The number of carbonyl (C=O) groups is 3. The second-order valence-corrected chi connectivity index (χ2v) is 5.30. The molecule has 7 heteroatoms. The molecule has 6 nitrogen and oxygen atoms in total. The molecule has 0 unspecified atom stereocenters. The highest BCUT2D eigenvalue weighted by Crippen LogP contribution is 2.34. The molecule has 0 aliphatic rings. The van der Waals surface area contributed by atoms with Crippen LogP contribution in [0.2, 0.25) is 0 Å². The van der Waals surface area contributed by atoms with Crippen molar-refractivity contribution in [3.8, 4) is 0 Å². The van der Waals surface area contributed by atoms with Gasteiger partial charge in [-0.1, -0.05) is 6.92 Å². The van der Waals surface area contributed by atoms with Gasteiger partial charge in [-0.15, -0.1) is 11.3 Å². The minimum Gasteiger partial charge on any atom is -0.478 e. The van der Waals surface area contributed by atoms with Gasteiger partial charge >= 0.3 is 11.9 Å². The van der Waals surface area contributed by atoms with Gasteiger partial charge in [-0.05, 0) is 25.8 Å². The SMILES string of the molecule is CCOC(=O)c1c(NC(=O)/C=C/C(=O)O)sc(C)c1CC. The van der Waals surface area contributed by atoms with Gasteiger partial charge in [-0.2, -0.15) is 0 Å². The van der Waals surface area contributed by atoms with E-state index in [0.717, 1.165) is 22.6 Å². The number of carboxylic acid groups (broad SMARTS) is 1. The number of aryl methyl sites for hydroxylation is 1. The predicted octanol–water partition coefficient (Wildman–Crippen LogP) is 2.37. The van der Waals surface area contributed by atoms with Crippen LogP contribution in [0.15, 0.2) is 12.2 Å². The van der Waals surface area contributed by atoms with Crippen LogP contribution >= 0.6 is 11.3 Å². The molecule has 2 N–H and O–H groups in total. The summed E-state index contributed by atoms with van der Waals surface area (Å²) in [4.78, 5) is 35.0. The van der Waals surface area contributed by atoms with E-state index in [0.29, 0.717) is 17.0 Å². The smallest absolute Gasteiger partial charge is 0.341 e. The van der Waals surface area contributed by atoms with Gasteiger partial charge < -0.3 is 15.2 Å². The van der Waals surface area contributed by atoms with Gasteiger partial charge in [-0.3, -0.25) is 4.79 Å². The maximum Gasteiger partial charge on any atom is 0.341 e. The van der Waals surface area contributed by atoms with Gasteiger partial charge in [-0.25, -0.2) is 9.59 Å². The monoisotopic (exact) mass is 311 g/mol. The highest BCUT2D eigenvalue weighted by molar-refractivity contribution is 7.16. The summed E-state index contributed by atoms with van der Waals surface area (Å²) in [7, 11) is 0. The van der Waals surface area contributed by atoms with Crippen molar-refractivity contribution in [2.45, 2.75) is 27.2 Å². The molecule has 0 aromatic carbocycles. The van der Waals surface area contributed by atoms with Crippen molar-refractivity contribution < 1.29 is 24.2 Å². The second-order valence-electron chi connectivity index (χ2n) is 4.08. The van der Waals surface area contributed by atoms with Crippen molar-refractivity contribution in [1.29, 1.82) is 0 Å². The Bertz CT molecular complexity index is 588. The first-order chi connectivity index (χ1) is 9.90. The van der Waals surface area contributed by atoms with Crippen molar-refractivity contribution in [3.05, 3.63) is 28.2 Å². The first-order valence-corrected chi connectivity index (χ1v) is 7.23. The molecule has 0 bridgehead atoms. The number of carboxylic acids is 1. The van der Waals surface area contributed by atoms with Gasteiger partial charge in [0.25, 0.3) is 0 Å². The summed E-state index contributed by atoms with van der Waals surface area (Å²) < 4.78 is 5.01. The van der Waals surface area contributed by atoms with Gasteiger partial charge in [0.1, 0.15) is 5.00 Å². The molecule has 114 valence electrons. The Kier molecular flexibility index (Phi) is 6.10. The number of rotatable bonds is 6. The number of hydrogen-bond donors (Lipinski definition) is 2.